The zero-order valence-corrected chi connectivity index (χ0v) is 11.9. The van der Waals surface area contributed by atoms with Gasteiger partial charge in [-0.05, 0) is 19.1 Å². The van der Waals surface area contributed by atoms with Crippen LogP contribution in [0.3, 0.4) is 0 Å². The summed E-state index contributed by atoms with van der Waals surface area (Å²) >= 11 is 1.45. The van der Waals surface area contributed by atoms with E-state index < -0.39 is 10.8 Å². The molecule has 0 aliphatic rings. The monoisotopic (exact) mass is 307 g/mol. The molecule has 8 nitrogen and oxygen atoms in total. The summed E-state index contributed by atoms with van der Waals surface area (Å²) in [6.45, 7) is 2.12. The van der Waals surface area contributed by atoms with Gasteiger partial charge in [0.2, 0.25) is 0 Å². The van der Waals surface area contributed by atoms with Crippen molar-refractivity contribution in [2.75, 3.05) is 5.43 Å². The van der Waals surface area contributed by atoms with Crippen molar-refractivity contribution in [2.45, 2.75) is 13.5 Å². The molecule has 0 saturated heterocycles. The van der Waals surface area contributed by atoms with E-state index in [-0.39, 0.29) is 23.5 Å². The van der Waals surface area contributed by atoms with E-state index in [4.69, 9.17) is 5.84 Å². The number of para-hydroxylation sites is 1. The van der Waals surface area contributed by atoms with E-state index in [0.717, 1.165) is 9.88 Å². The van der Waals surface area contributed by atoms with Crippen molar-refractivity contribution in [2.24, 2.45) is 5.84 Å². The zero-order valence-electron chi connectivity index (χ0n) is 11.1. The highest BCUT2D eigenvalue weighted by Gasteiger charge is 2.24. The number of aryl methyl sites for hydroxylation is 1. The van der Waals surface area contributed by atoms with Gasteiger partial charge in [0.25, 0.3) is 5.91 Å². The minimum atomic E-state index is -0.638. The normalized spacial score (nSPS) is 10.2. The van der Waals surface area contributed by atoms with Crippen LogP contribution in [0.5, 0.6) is 0 Å². The first kappa shape index (κ1) is 14.9. The molecule has 2 aromatic rings. The average molecular weight is 307 g/mol. The van der Waals surface area contributed by atoms with E-state index in [0.29, 0.717) is 0 Å². The van der Waals surface area contributed by atoms with Gasteiger partial charge in [0.05, 0.1) is 16.5 Å². The molecular weight excluding hydrogens is 294 g/mol. The molecule has 0 radical (unpaired) electrons. The summed E-state index contributed by atoms with van der Waals surface area (Å²) in [7, 11) is 0. The Balaban J connectivity index is 2.20. The van der Waals surface area contributed by atoms with Gasteiger partial charge in [0.15, 0.2) is 0 Å². The number of amides is 1. The lowest BCUT2D eigenvalue weighted by Crippen LogP contribution is -2.24. The van der Waals surface area contributed by atoms with Crippen LogP contribution in [0, 0.1) is 17.0 Å². The quantitative estimate of drug-likeness (QED) is 0.438. The van der Waals surface area contributed by atoms with Crippen LogP contribution in [0.2, 0.25) is 0 Å². The van der Waals surface area contributed by atoms with Crippen LogP contribution in [0.15, 0.2) is 24.4 Å². The van der Waals surface area contributed by atoms with E-state index in [1.807, 2.05) is 6.92 Å². The number of hydrogen-bond donors (Lipinski definition) is 3. The number of carbonyl (C=O) groups excluding carboxylic acids is 1. The second-order valence-electron chi connectivity index (χ2n) is 4.13. The number of hydrogen-bond acceptors (Lipinski definition) is 7. The first-order valence-electron chi connectivity index (χ1n) is 5.96. The van der Waals surface area contributed by atoms with Gasteiger partial charge < -0.3 is 10.7 Å². The van der Waals surface area contributed by atoms with Crippen LogP contribution in [-0.4, -0.2) is 15.8 Å². The second kappa shape index (κ2) is 6.29. The second-order valence-corrected chi connectivity index (χ2v) is 5.45. The number of benzene rings is 1. The molecule has 0 saturated carbocycles. The predicted octanol–water partition coefficient (Wildman–Crippen LogP) is 1.58. The van der Waals surface area contributed by atoms with E-state index in [1.54, 1.807) is 6.20 Å². The van der Waals surface area contributed by atoms with Gasteiger partial charge in [-0.2, -0.15) is 0 Å². The maximum absolute atomic E-state index is 12.1. The number of thiazole rings is 1. The third kappa shape index (κ3) is 3.33. The highest BCUT2D eigenvalue weighted by Crippen LogP contribution is 2.27. The van der Waals surface area contributed by atoms with Crippen LogP contribution in [0.25, 0.3) is 0 Å². The molecular formula is C12H13N5O3S. The molecule has 1 amide bonds. The van der Waals surface area contributed by atoms with Gasteiger partial charge in [-0.15, -0.1) is 11.3 Å². The number of anilines is 1. The van der Waals surface area contributed by atoms with Crippen LogP contribution >= 0.6 is 11.3 Å². The Kier molecular flexibility index (Phi) is 4.45. The standard InChI is InChI=1S/C12H13N5O3S/c1-7-14-5-8(21-7)6-15-12(18)9-3-2-4-10(16-13)11(9)17(19)20/h2-5,16H,6,13H2,1H3,(H,15,18). The smallest absolute Gasteiger partial charge is 0.306 e. The average Bonchev–Trinajstić information content (AvgIpc) is 2.89. The Morgan fingerprint density at radius 1 is 1.52 bits per heavy atom. The van der Waals surface area contributed by atoms with Crippen LogP contribution in [-0.2, 0) is 6.54 Å². The molecule has 0 bridgehead atoms. The summed E-state index contributed by atoms with van der Waals surface area (Å²) in [4.78, 5) is 27.5. The largest absolute Gasteiger partial charge is 0.347 e. The predicted molar refractivity (Wildman–Crippen MR) is 78.9 cm³/mol. The van der Waals surface area contributed by atoms with Gasteiger partial charge in [0, 0.05) is 11.1 Å². The molecule has 21 heavy (non-hydrogen) atoms. The molecule has 1 aromatic heterocycles. The first-order chi connectivity index (χ1) is 10.0. The number of aromatic nitrogens is 1. The highest BCUT2D eigenvalue weighted by molar-refractivity contribution is 7.11. The van der Waals surface area contributed by atoms with Gasteiger partial charge >= 0.3 is 5.69 Å². The molecule has 0 spiro atoms. The number of nitro benzene ring substituents is 1. The fourth-order valence-electron chi connectivity index (χ4n) is 1.79. The van der Waals surface area contributed by atoms with Crippen molar-refractivity contribution in [3.8, 4) is 0 Å². The van der Waals surface area contributed by atoms with Crippen molar-refractivity contribution in [1.29, 1.82) is 0 Å². The van der Waals surface area contributed by atoms with Crippen molar-refractivity contribution >= 4 is 28.6 Å². The minimum Gasteiger partial charge on any atom is -0.347 e. The van der Waals surface area contributed by atoms with E-state index in [1.165, 1.54) is 29.5 Å². The number of rotatable bonds is 5. The van der Waals surface area contributed by atoms with Crippen LogP contribution < -0.4 is 16.6 Å². The Bertz CT molecular complexity index is 685. The fourth-order valence-corrected chi connectivity index (χ4v) is 2.52. The van der Waals surface area contributed by atoms with E-state index >= 15 is 0 Å². The molecule has 0 unspecified atom stereocenters. The number of carbonyl (C=O) groups is 1. The van der Waals surface area contributed by atoms with Crippen LogP contribution in [0.1, 0.15) is 20.2 Å². The highest BCUT2D eigenvalue weighted by atomic mass is 32.1. The summed E-state index contributed by atoms with van der Waals surface area (Å²) in [6, 6.07) is 4.33. The Morgan fingerprint density at radius 3 is 2.86 bits per heavy atom. The van der Waals surface area contributed by atoms with Gasteiger partial charge in [-0.3, -0.25) is 20.8 Å². The molecule has 1 aromatic carbocycles. The van der Waals surface area contributed by atoms with Crippen molar-refractivity contribution in [3.63, 3.8) is 0 Å². The maximum atomic E-state index is 12.1. The van der Waals surface area contributed by atoms with E-state index in [9.17, 15) is 14.9 Å². The Hall–Kier alpha value is -2.52. The summed E-state index contributed by atoms with van der Waals surface area (Å²) in [5.41, 5.74) is 1.91. The lowest BCUT2D eigenvalue weighted by atomic mass is 10.1. The molecule has 1 heterocycles. The van der Waals surface area contributed by atoms with E-state index in [2.05, 4.69) is 15.7 Å². The first-order valence-corrected chi connectivity index (χ1v) is 6.78. The number of nitrogen functional groups attached to an aromatic ring is 1. The molecule has 0 aliphatic heterocycles. The minimum absolute atomic E-state index is 0.0447. The lowest BCUT2D eigenvalue weighted by Gasteiger charge is -2.07. The molecule has 4 N–H and O–H groups in total. The fraction of sp³-hybridized carbons (Fsp3) is 0.167. The summed E-state index contributed by atoms with van der Waals surface area (Å²) in [6.07, 6.45) is 1.66. The molecule has 0 aliphatic carbocycles. The molecule has 2 rings (SSSR count). The summed E-state index contributed by atoms with van der Waals surface area (Å²) in [5.74, 6) is 4.70. The Labute approximate surface area is 124 Å². The maximum Gasteiger partial charge on any atom is 0.306 e. The lowest BCUT2D eigenvalue weighted by molar-refractivity contribution is -0.384. The van der Waals surface area contributed by atoms with Gasteiger partial charge in [-0.25, -0.2) is 4.98 Å². The van der Waals surface area contributed by atoms with Crippen molar-refractivity contribution in [3.05, 3.63) is 50.0 Å². The van der Waals surface area contributed by atoms with Gasteiger partial charge in [0.1, 0.15) is 11.3 Å². The summed E-state index contributed by atoms with van der Waals surface area (Å²) < 4.78 is 0. The summed E-state index contributed by atoms with van der Waals surface area (Å²) in [5, 5.41) is 14.6. The van der Waals surface area contributed by atoms with Gasteiger partial charge in [-0.1, -0.05) is 6.07 Å². The van der Waals surface area contributed by atoms with Crippen molar-refractivity contribution in [1.82, 2.24) is 10.3 Å². The molecule has 0 fully saturated rings. The molecule has 110 valence electrons. The third-order valence-electron chi connectivity index (χ3n) is 2.71. The SMILES string of the molecule is Cc1ncc(CNC(=O)c2cccc(NN)c2[N+](=O)[O-])s1. The number of hydrazine groups is 1. The number of nitro groups is 1. The van der Waals surface area contributed by atoms with Crippen LogP contribution in [0.4, 0.5) is 11.4 Å². The topological polar surface area (TPSA) is 123 Å². The Morgan fingerprint density at radius 2 is 2.29 bits per heavy atom. The zero-order chi connectivity index (χ0) is 15.4. The molecule has 0 atom stereocenters. The number of nitrogens with zero attached hydrogens (tertiary/aromatic N) is 2. The number of nitrogens with two attached hydrogens (primary N) is 1. The number of nitrogens with one attached hydrogen (secondary N) is 2. The third-order valence-corrected chi connectivity index (χ3v) is 3.62. The van der Waals surface area contributed by atoms with Crippen molar-refractivity contribution < 1.29 is 9.72 Å². The molecule has 9 heteroatoms.